The maximum absolute atomic E-state index is 12.6. The van der Waals surface area contributed by atoms with Crippen molar-refractivity contribution in [1.29, 1.82) is 0 Å². The Morgan fingerprint density at radius 2 is 1.56 bits per heavy atom. The molecular formula is C24H22N2O10. The molecule has 0 unspecified atom stereocenters. The second-order valence-electron chi connectivity index (χ2n) is 7.49. The Labute approximate surface area is 203 Å². The van der Waals surface area contributed by atoms with E-state index in [2.05, 4.69) is 9.72 Å². The van der Waals surface area contributed by atoms with E-state index in [9.17, 15) is 29.1 Å². The summed E-state index contributed by atoms with van der Waals surface area (Å²) in [4.78, 5) is 63.0. The number of rotatable bonds is 8. The normalized spacial score (nSPS) is 11.4. The predicted molar refractivity (Wildman–Crippen MR) is 123 cm³/mol. The number of aromatic hydroxyl groups is 1. The number of amides is 1. The molecule has 0 fully saturated rings. The van der Waals surface area contributed by atoms with Crippen LogP contribution in [0.2, 0.25) is 0 Å². The first-order chi connectivity index (χ1) is 17.1. The van der Waals surface area contributed by atoms with E-state index in [-0.39, 0.29) is 39.3 Å². The van der Waals surface area contributed by atoms with Crippen molar-refractivity contribution in [2.45, 2.75) is 12.3 Å². The van der Waals surface area contributed by atoms with Gasteiger partial charge in [-0.15, -0.1) is 0 Å². The highest BCUT2D eigenvalue weighted by molar-refractivity contribution is 5.97. The van der Waals surface area contributed by atoms with Crippen molar-refractivity contribution in [1.82, 2.24) is 4.98 Å². The van der Waals surface area contributed by atoms with Crippen molar-refractivity contribution < 1.29 is 42.9 Å². The number of primary amides is 1. The smallest absolute Gasteiger partial charge is 0.343 e. The maximum atomic E-state index is 12.6. The molecule has 4 N–H and O–H groups in total. The van der Waals surface area contributed by atoms with E-state index in [1.165, 1.54) is 44.6 Å². The second kappa shape index (κ2) is 10.6. The molecular weight excluding hydrogens is 476 g/mol. The van der Waals surface area contributed by atoms with Gasteiger partial charge in [-0.25, -0.2) is 14.4 Å². The van der Waals surface area contributed by atoms with Gasteiger partial charge in [0, 0.05) is 18.2 Å². The van der Waals surface area contributed by atoms with Crippen LogP contribution in [0, 0.1) is 0 Å². The average Bonchev–Trinajstić information content (AvgIpc) is 3.36. The highest BCUT2D eigenvalue weighted by atomic mass is 16.5. The van der Waals surface area contributed by atoms with Crippen LogP contribution in [0.4, 0.5) is 0 Å². The topological polar surface area (TPSA) is 188 Å². The zero-order valence-corrected chi connectivity index (χ0v) is 19.4. The fraction of sp³-hybridized carbons (Fsp3) is 0.208. The molecule has 3 rings (SSSR count). The molecule has 12 heteroatoms. The highest BCUT2D eigenvalue weighted by Gasteiger charge is 2.30. The summed E-state index contributed by atoms with van der Waals surface area (Å²) < 4.78 is 19.9. The number of nitrogens with one attached hydrogen (secondary N) is 1. The molecule has 2 aromatic heterocycles. The minimum Gasteiger partial charge on any atom is -0.506 e. The Morgan fingerprint density at radius 3 is 2.08 bits per heavy atom. The molecule has 0 radical (unpaired) electrons. The van der Waals surface area contributed by atoms with Crippen LogP contribution >= 0.6 is 0 Å². The second-order valence-corrected chi connectivity index (χ2v) is 7.49. The summed E-state index contributed by atoms with van der Waals surface area (Å²) >= 11 is 0. The number of methoxy groups -OCH3 is 3. The quantitative estimate of drug-likeness (QED) is 0.304. The largest absolute Gasteiger partial charge is 0.506 e. The SMILES string of the molecule is COC(=O)c1cc(C(=O)OC)cc(-c2ccc([C@H](CC(N)=O)c3c(O)c(C(=O)OC)c[nH]c3=O)o2)c1. The number of ether oxygens (including phenoxy) is 3. The lowest BCUT2D eigenvalue weighted by Crippen LogP contribution is -2.23. The minimum atomic E-state index is -1.19. The summed E-state index contributed by atoms with van der Waals surface area (Å²) in [5, 5.41) is 10.7. The van der Waals surface area contributed by atoms with Gasteiger partial charge >= 0.3 is 17.9 Å². The van der Waals surface area contributed by atoms with Crippen LogP contribution in [0.5, 0.6) is 5.75 Å². The van der Waals surface area contributed by atoms with Gasteiger partial charge in [-0.05, 0) is 30.3 Å². The Morgan fingerprint density at radius 1 is 0.972 bits per heavy atom. The Balaban J connectivity index is 2.16. The molecule has 0 spiro atoms. The number of hydrogen-bond acceptors (Lipinski definition) is 10. The lowest BCUT2D eigenvalue weighted by molar-refractivity contribution is -0.118. The summed E-state index contributed by atoms with van der Waals surface area (Å²) in [6.45, 7) is 0. The number of carbonyl (C=O) groups excluding carboxylic acids is 4. The number of H-pyrrole nitrogens is 1. The van der Waals surface area contributed by atoms with Gasteiger partial charge in [-0.1, -0.05) is 0 Å². The van der Waals surface area contributed by atoms with Crippen LogP contribution in [0.3, 0.4) is 0 Å². The first-order valence-corrected chi connectivity index (χ1v) is 10.3. The maximum Gasteiger partial charge on any atom is 0.343 e. The number of carbonyl (C=O) groups is 4. The monoisotopic (exact) mass is 498 g/mol. The number of esters is 3. The number of benzene rings is 1. The van der Waals surface area contributed by atoms with Gasteiger partial charge < -0.3 is 34.5 Å². The van der Waals surface area contributed by atoms with Gasteiger partial charge in [0.05, 0.1) is 43.9 Å². The third-order valence-electron chi connectivity index (χ3n) is 5.29. The van der Waals surface area contributed by atoms with Crippen LogP contribution in [-0.4, -0.2) is 55.2 Å². The summed E-state index contributed by atoms with van der Waals surface area (Å²) in [6, 6.07) is 7.00. The van der Waals surface area contributed by atoms with Gasteiger partial charge in [-0.2, -0.15) is 0 Å². The van der Waals surface area contributed by atoms with Crippen LogP contribution in [0.25, 0.3) is 11.3 Å². The molecule has 2 heterocycles. The van der Waals surface area contributed by atoms with E-state index < -0.39 is 47.5 Å². The molecule has 0 aliphatic heterocycles. The minimum absolute atomic E-state index is 0.0368. The third-order valence-corrected chi connectivity index (χ3v) is 5.29. The van der Waals surface area contributed by atoms with Crippen molar-refractivity contribution in [2.24, 2.45) is 5.73 Å². The Bertz CT molecular complexity index is 1370. The van der Waals surface area contributed by atoms with Crippen molar-refractivity contribution in [2.75, 3.05) is 21.3 Å². The molecule has 1 amide bonds. The third kappa shape index (κ3) is 5.12. The van der Waals surface area contributed by atoms with Crippen LogP contribution in [-0.2, 0) is 19.0 Å². The molecule has 1 atom stereocenters. The van der Waals surface area contributed by atoms with Crippen molar-refractivity contribution in [3.05, 3.63) is 74.9 Å². The summed E-state index contributed by atoms with van der Waals surface area (Å²) in [7, 11) is 3.45. The summed E-state index contributed by atoms with van der Waals surface area (Å²) in [5.41, 5.74) is 4.29. The fourth-order valence-corrected chi connectivity index (χ4v) is 3.61. The van der Waals surface area contributed by atoms with Crippen molar-refractivity contribution in [3.8, 4) is 17.1 Å². The number of hydrogen-bond donors (Lipinski definition) is 3. The number of aromatic amines is 1. The van der Waals surface area contributed by atoms with Crippen molar-refractivity contribution >= 4 is 23.8 Å². The first-order valence-electron chi connectivity index (χ1n) is 10.3. The predicted octanol–water partition coefficient (Wildman–Crippen LogP) is 1.71. The van der Waals surface area contributed by atoms with Crippen LogP contribution in [0.1, 0.15) is 54.7 Å². The highest BCUT2D eigenvalue weighted by Crippen LogP contribution is 2.36. The summed E-state index contributed by atoms with van der Waals surface area (Å²) in [5.74, 6) is -4.86. The lowest BCUT2D eigenvalue weighted by atomic mass is 9.92. The summed E-state index contributed by atoms with van der Waals surface area (Å²) in [6.07, 6.45) is 0.526. The van der Waals surface area contributed by atoms with Gasteiger partial charge in [-0.3, -0.25) is 9.59 Å². The van der Waals surface area contributed by atoms with E-state index in [0.717, 1.165) is 13.3 Å². The van der Waals surface area contributed by atoms with Gasteiger partial charge in [0.15, 0.2) is 0 Å². The number of pyridine rings is 1. The lowest BCUT2D eigenvalue weighted by Gasteiger charge is -2.15. The van der Waals surface area contributed by atoms with E-state index in [0.29, 0.717) is 0 Å². The molecule has 0 bridgehead atoms. The van der Waals surface area contributed by atoms with Gasteiger partial charge in [0.2, 0.25) is 5.91 Å². The van der Waals surface area contributed by atoms with E-state index in [1.54, 1.807) is 0 Å². The zero-order valence-electron chi connectivity index (χ0n) is 19.4. The Kier molecular flexibility index (Phi) is 7.58. The number of aromatic nitrogens is 1. The molecule has 0 saturated carbocycles. The van der Waals surface area contributed by atoms with E-state index in [1.807, 2.05) is 0 Å². The molecule has 36 heavy (non-hydrogen) atoms. The molecule has 188 valence electrons. The van der Waals surface area contributed by atoms with Crippen LogP contribution in [0.15, 0.2) is 45.7 Å². The van der Waals surface area contributed by atoms with E-state index >= 15 is 0 Å². The molecule has 3 aromatic rings. The molecule has 0 aliphatic carbocycles. The van der Waals surface area contributed by atoms with Crippen LogP contribution < -0.4 is 11.3 Å². The molecule has 12 nitrogen and oxygen atoms in total. The zero-order chi connectivity index (χ0) is 26.6. The van der Waals surface area contributed by atoms with E-state index in [4.69, 9.17) is 19.6 Å². The average molecular weight is 498 g/mol. The molecule has 0 aliphatic rings. The number of nitrogens with two attached hydrogens (primary N) is 1. The van der Waals surface area contributed by atoms with Gasteiger partial charge in [0.1, 0.15) is 22.8 Å². The molecule has 0 saturated heterocycles. The number of furan rings is 1. The van der Waals surface area contributed by atoms with Gasteiger partial charge in [0.25, 0.3) is 5.56 Å². The Hall–Kier alpha value is -4.87. The molecule has 1 aromatic carbocycles. The van der Waals surface area contributed by atoms with Crippen molar-refractivity contribution in [3.63, 3.8) is 0 Å². The fourth-order valence-electron chi connectivity index (χ4n) is 3.61. The standard InChI is InChI=1S/C24H22N2O10/c1-33-22(30)12-6-11(7-13(8-12)23(31)34-2)16-4-5-17(36-16)14(9-18(25)27)19-20(28)15(24(32)35-3)10-26-21(19)29/h4-8,10,14H,9H2,1-3H3,(H2,25,27)(H2,26,28,29)/t14-/m0/s1. The first kappa shape index (κ1) is 25.7.